The van der Waals surface area contributed by atoms with E-state index in [2.05, 4.69) is 4.74 Å². The highest BCUT2D eigenvalue weighted by molar-refractivity contribution is 6.07. The Labute approximate surface area is 105 Å². The summed E-state index contributed by atoms with van der Waals surface area (Å²) in [5.74, 6) is 0.346. The lowest BCUT2D eigenvalue weighted by molar-refractivity contribution is -0.139. The molecular formula is C13H14O5. The van der Waals surface area contributed by atoms with Crippen LogP contribution in [0.3, 0.4) is 0 Å². The molecule has 0 N–H and O–H groups in total. The van der Waals surface area contributed by atoms with Gasteiger partial charge in [-0.05, 0) is 24.6 Å². The average molecular weight is 250 g/mol. The third kappa shape index (κ3) is 2.45. The Morgan fingerprint density at radius 2 is 1.83 bits per heavy atom. The van der Waals surface area contributed by atoms with E-state index < -0.39 is 5.97 Å². The highest BCUT2D eigenvalue weighted by Gasteiger charge is 2.19. The molecule has 0 saturated carbocycles. The summed E-state index contributed by atoms with van der Waals surface area (Å²) in [6, 6.07) is 3.37. The molecule has 0 unspecified atom stereocenters. The van der Waals surface area contributed by atoms with Gasteiger partial charge in [0.25, 0.3) is 0 Å². The quantitative estimate of drug-likeness (QED) is 0.462. The van der Waals surface area contributed by atoms with Gasteiger partial charge in [-0.3, -0.25) is 9.59 Å². The van der Waals surface area contributed by atoms with E-state index in [-0.39, 0.29) is 12.2 Å². The molecule has 0 spiro atoms. The number of hydrogen-bond acceptors (Lipinski definition) is 5. The van der Waals surface area contributed by atoms with E-state index in [0.29, 0.717) is 30.3 Å². The molecule has 1 aliphatic heterocycles. The number of Topliss-reactive ketones (excluding diaryl/α,β-unsaturated/α-hetero) is 1. The Kier molecular flexibility index (Phi) is 3.50. The van der Waals surface area contributed by atoms with Crippen LogP contribution in [0.2, 0.25) is 0 Å². The highest BCUT2D eigenvalue weighted by atomic mass is 16.6. The molecule has 0 atom stereocenters. The number of aryl methyl sites for hydroxylation is 1. The molecule has 5 nitrogen and oxygen atoms in total. The molecule has 18 heavy (non-hydrogen) atoms. The maximum absolute atomic E-state index is 11.9. The fourth-order valence-corrected chi connectivity index (χ4v) is 1.79. The number of ketones is 1. The largest absolute Gasteiger partial charge is 0.486 e. The SMILES string of the molecule is COC(=O)CC(=O)c1cc2c(cc1C)OCCO2. The van der Waals surface area contributed by atoms with Gasteiger partial charge in [0.1, 0.15) is 19.6 Å². The van der Waals surface area contributed by atoms with Crippen molar-refractivity contribution in [2.45, 2.75) is 13.3 Å². The van der Waals surface area contributed by atoms with E-state index in [0.717, 1.165) is 5.56 Å². The number of carbonyl (C=O) groups is 2. The predicted molar refractivity (Wildman–Crippen MR) is 63.1 cm³/mol. The van der Waals surface area contributed by atoms with Gasteiger partial charge in [-0.15, -0.1) is 0 Å². The molecule has 0 amide bonds. The zero-order valence-corrected chi connectivity index (χ0v) is 10.3. The third-order valence-corrected chi connectivity index (χ3v) is 2.72. The molecule has 2 rings (SSSR count). The van der Waals surface area contributed by atoms with E-state index in [4.69, 9.17) is 9.47 Å². The van der Waals surface area contributed by atoms with Gasteiger partial charge in [-0.1, -0.05) is 0 Å². The van der Waals surface area contributed by atoms with Gasteiger partial charge in [-0.25, -0.2) is 0 Å². The van der Waals surface area contributed by atoms with Gasteiger partial charge < -0.3 is 14.2 Å². The van der Waals surface area contributed by atoms with E-state index in [1.165, 1.54) is 7.11 Å². The van der Waals surface area contributed by atoms with E-state index in [1.807, 2.05) is 0 Å². The monoisotopic (exact) mass is 250 g/mol. The van der Waals surface area contributed by atoms with Crippen molar-refractivity contribution < 1.29 is 23.8 Å². The van der Waals surface area contributed by atoms with Crippen molar-refractivity contribution in [3.8, 4) is 11.5 Å². The number of fused-ring (bicyclic) bond motifs is 1. The number of methoxy groups -OCH3 is 1. The Bertz CT molecular complexity index is 492. The van der Waals surface area contributed by atoms with Crippen LogP contribution in [-0.2, 0) is 9.53 Å². The number of ether oxygens (including phenoxy) is 3. The molecular weight excluding hydrogens is 236 g/mol. The minimum absolute atomic E-state index is 0.267. The first-order chi connectivity index (χ1) is 8.61. The third-order valence-electron chi connectivity index (χ3n) is 2.72. The van der Waals surface area contributed by atoms with Crippen molar-refractivity contribution >= 4 is 11.8 Å². The second-order valence-corrected chi connectivity index (χ2v) is 3.99. The summed E-state index contributed by atoms with van der Waals surface area (Å²) in [7, 11) is 1.26. The molecule has 0 aliphatic carbocycles. The molecule has 1 aromatic rings. The minimum Gasteiger partial charge on any atom is -0.486 e. The molecule has 5 heteroatoms. The Balaban J connectivity index is 2.27. The summed E-state index contributed by atoms with van der Waals surface area (Å²) < 4.78 is 15.3. The minimum atomic E-state index is -0.547. The topological polar surface area (TPSA) is 61.8 Å². The zero-order chi connectivity index (χ0) is 13.1. The van der Waals surface area contributed by atoms with Crippen molar-refractivity contribution in [2.24, 2.45) is 0 Å². The van der Waals surface area contributed by atoms with Crippen molar-refractivity contribution in [3.63, 3.8) is 0 Å². The van der Waals surface area contributed by atoms with Crippen LogP contribution in [0.1, 0.15) is 22.3 Å². The first kappa shape index (κ1) is 12.4. The van der Waals surface area contributed by atoms with Gasteiger partial charge in [0.15, 0.2) is 17.3 Å². The van der Waals surface area contributed by atoms with Gasteiger partial charge in [0, 0.05) is 5.56 Å². The Morgan fingerprint density at radius 3 is 2.44 bits per heavy atom. The van der Waals surface area contributed by atoms with Gasteiger partial charge in [0.05, 0.1) is 7.11 Å². The lowest BCUT2D eigenvalue weighted by Gasteiger charge is -2.19. The molecule has 1 aromatic carbocycles. The fraction of sp³-hybridized carbons (Fsp3) is 0.385. The smallest absolute Gasteiger partial charge is 0.313 e. The summed E-state index contributed by atoms with van der Waals surface area (Å²) >= 11 is 0. The Hall–Kier alpha value is -2.04. The van der Waals surface area contributed by atoms with Gasteiger partial charge in [0.2, 0.25) is 0 Å². The first-order valence-corrected chi connectivity index (χ1v) is 5.62. The van der Waals surface area contributed by atoms with Crippen molar-refractivity contribution in [1.82, 2.24) is 0 Å². The number of rotatable bonds is 3. The van der Waals surface area contributed by atoms with Crippen LogP contribution in [0.4, 0.5) is 0 Å². The first-order valence-electron chi connectivity index (χ1n) is 5.62. The summed E-state index contributed by atoms with van der Waals surface area (Å²) in [6.45, 7) is 2.76. The number of esters is 1. The van der Waals surface area contributed by atoms with Crippen molar-refractivity contribution in [1.29, 1.82) is 0 Å². The predicted octanol–water partition coefficient (Wildman–Crippen LogP) is 1.51. The maximum atomic E-state index is 11.9. The summed E-state index contributed by atoms with van der Waals surface area (Å²) in [5.41, 5.74) is 1.22. The summed E-state index contributed by atoms with van der Waals surface area (Å²) in [6.07, 6.45) is -0.267. The number of hydrogen-bond donors (Lipinski definition) is 0. The van der Waals surface area contributed by atoms with E-state index in [9.17, 15) is 9.59 Å². The molecule has 1 aliphatic rings. The molecule has 0 radical (unpaired) electrons. The normalized spacial score (nSPS) is 13.0. The molecule has 0 aromatic heterocycles. The number of benzene rings is 1. The molecule has 0 saturated heterocycles. The summed E-state index contributed by atoms with van der Waals surface area (Å²) in [4.78, 5) is 23.0. The van der Waals surface area contributed by atoms with Crippen LogP contribution in [0.25, 0.3) is 0 Å². The van der Waals surface area contributed by atoms with E-state index in [1.54, 1.807) is 19.1 Å². The molecule has 0 bridgehead atoms. The van der Waals surface area contributed by atoms with Crippen molar-refractivity contribution in [3.05, 3.63) is 23.3 Å². The maximum Gasteiger partial charge on any atom is 0.313 e. The van der Waals surface area contributed by atoms with Gasteiger partial charge in [-0.2, -0.15) is 0 Å². The van der Waals surface area contributed by atoms with Crippen LogP contribution in [0, 0.1) is 6.92 Å². The van der Waals surface area contributed by atoms with Crippen LogP contribution in [-0.4, -0.2) is 32.1 Å². The van der Waals surface area contributed by atoms with Crippen LogP contribution < -0.4 is 9.47 Å². The lowest BCUT2D eigenvalue weighted by atomic mass is 10.0. The van der Waals surface area contributed by atoms with Crippen LogP contribution in [0.15, 0.2) is 12.1 Å². The fourth-order valence-electron chi connectivity index (χ4n) is 1.79. The standard InChI is InChI=1S/C13H14O5/c1-8-5-11-12(18-4-3-17-11)6-9(8)10(14)7-13(15)16-2/h5-6H,3-4,7H2,1-2H3. The number of carbonyl (C=O) groups excluding carboxylic acids is 2. The second kappa shape index (κ2) is 5.08. The lowest BCUT2D eigenvalue weighted by Crippen LogP contribution is -2.17. The highest BCUT2D eigenvalue weighted by Crippen LogP contribution is 2.33. The Morgan fingerprint density at radius 1 is 1.22 bits per heavy atom. The summed E-state index contributed by atoms with van der Waals surface area (Å²) in [5, 5.41) is 0. The second-order valence-electron chi connectivity index (χ2n) is 3.99. The zero-order valence-electron chi connectivity index (χ0n) is 10.3. The molecule has 96 valence electrons. The molecule has 0 fully saturated rings. The van der Waals surface area contributed by atoms with Crippen LogP contribution >= 0.6 is 0 Å². The van der Waals surface area contributed by atoms with Gasteiger partial charge >= 0.3 is 5.97 Å². The van der Waals surface area contributed by atoms with E-state index >= 15 is 0 Å². The molecule has 1 heterocycles. The van der Waals surface area contributed by atoms with Crippen molar-refractivity contribution in [2.75, 3.05) is 20.3 Å². The average Bonchev–Trinajstić information content (AvgIpc) is 2.37. The van der Waals surface area contributed by atoms with Crippen LogP contribution in [0.5, 0.6) is 11.5 Å².